The summed E-state index contributed by atoms with van der Waals surface area (Å²) in [6.07, 6.45) is -2.97. The molecule has 2 aromatic rings. The van der Waals surface area contributed by atoms with Crippen LogP contribution in [0.5, 0.6) is 0 Å². The lowest BCUT2D eigenvalue weighted by molar-refractivity contribution is -0.136. The molecule has 0 spiro atoms. The maximum atomic E-state index is 12.6. The van der Waals surface area contributed by atoms with E-state index in [-0.39, 0.29) is 16.6 Å². The number of anilines is 1. The molecule has 15 heavy (non-hydrogen) atoms. The number of nitrogen functional groups attached to an aromatic ring is 1. The van der Waals surface area contributed by atoms with E-state index >= 15 is 0 Å². The summed E-state index contributed by atoms with van der Waals surface area (Å²) in [4.78, 5) is 3.84. The third-order valence-corrected chi connectivity index (χ3v) is 2.05. The maximum Gasteiger partial charge on any atom is 0.417 e. The molecule has 0 unspecified atom stereocenters. The summed E-state index contributed by atoms with van der Waals surface area (Å²) in [6, 6.07) is 5.19. The van der Waals surface area contributed by atoms with E-state index in [1.54, 1.807) is 0 Å². The van der Waals surface area contributed by atoms with Gasteiger partial charge in [0, 0.05) is 17.3 Å². The summed E-state index contributed by atoms with van der Waals surface area (Å²) >= 11 is 0. The Hall–Kier alpha value is -1.78. The molecule has 0 amide bonds. The van der Waals surface area contributed by atoms with Crippen molar-refractivity contribution in [3.05, 3.63) is 36.0 Å². The van der Waals surface area contributed by atoms with E-state index in [1.807, 2.05) is 0 Å². The van der Waals surface area contributed by atoms with E-state index in [0.29, 0.717) is 0 Å². The summed E-state index contributed by atoms with van der Waals surface area (Å²) in [6.45, 7) is 0. The van der Waals surface area contributed by atoms with Crippen LogP contribution in [0.1, 0.15) is 5.56 Å². The molecular formula is C10H7F3N2. The zero-order chi connectivity index (χ0) is 11.1. The van der Waals surface area contributed by atoms with Gasteiger partial charge in [-0.2, -0.15) is 13.2 Å². The van der Waals surface area contributed by atoms with Crippen molar-refractivity contribution in [1.82, 2.24) is 4.98 Å². The highest BCUT2D eigenvalue weighted by molar-refractivity contribution is 5.85. The fraction of sp³-hybridized carbons (Fsp3) is 0.100. The molecule has 1 heterocycles. The zero-order valence-electron chi connectivity index (χ0n) is 7.55. The molecule has 0 radical (unpaired) electrons. The van der Waals surface area contributed by atoms with Crippen LogP contribution in [0.4, 0.5) is 18.9 Å². The number of nitrogens with zero attached hydrogens (tertiary/aromatic N) is 1. The first-order chi connectivity index (χ1) is 6.98. The van der Waals surface area contributed by atoms with E-state index in [1.165, 1.54) is 24.4 Å². The topological polar surface area (TPSA) is 38.9 Å². The maximum absolute atomic E-state index is 12.6. The standard InChI is InChI=1S/C10H7F3N2/c11-10(12,13)8-4-6(14)5-9-7(8)2-1-3-15-9/h1-5H,14H2. The molecule has 2 N–H and O–H groups in total. The minimum absolute atomic E-state index is 0.0634. The van der Waals surface area contributed by atoms with Crippen molar-refractivity contribution in [2.45, 2.75) is 6.18 Å². The molecule has 2 rings (SSSR count). The molecule has 2 nitrogen and oxygen atoms in total. The number of pyridine rings is 1. The molecule has 0 aliphatic heterocycles. The first kappa shape index (κ1) is 9.76. The third-order valence-electron chi connectivity index (χ3n) is 2.05. The molecule has 1 aromatic carbocycles. The second-order valence-electron chi connectivity index (χ2n) is 3.14. The van der Waals surface area contributed by atoms with Crippen LogP contribution in [0.15, 0.2) is 30.5 Å². The number of fused-ring (bicyclic) bond motifs is 1. The van der Waals surface area contributed by atoms with Crippen LogP contribution < -0.4 is 5.73 Å². The van der Waals surface area contributed by atoms with E-state index in [4.69, 9.17) is 5.73 Å². The highest BCUT2D eigenvalue weighted by atomic mass is 19.4. The molecular weight excluding hydrogens is 205 g/mol. The Labute approximate surface area is 83.5 Å². The average Bonchev–Trinajstić information content (AvgIpc) is 2.15. The smallest absolute Gasteiger partial charge is 0.399 e. The second kappa shape index (κ2) is 3.12. The van der Waals surface area contributed by atoms with Crippen LogP contribution in [0, 0.1) is 0 Å². The lowest BCUT2D eigenvalue weighted by Crippen LogP contribution is -2.07. The number of hydrogen-bond donors (Lipinski definition) is 1. The summed E-state index contributed by atoms with van der Waals surface area (Å²) in [7, 11) is 0. The van der Waals surface area contributed by atoms with Crippen LogP contribution >= 0.6 is 0 Å². The number of rotatable bonds is 0. The van der Waals surface area contributed by atoms with Gasteiger partial charge < -0.3 is 5.73 Å². The molecule has 5 heteroatoms. The summed E-state index contributed by atoms with van der Waals surface area (Å²) in [5.74, 6) is 0. The first-order valence-corrected chi connectivity index (χ1v) is 4.20. The van der Waals surface area contributed by atoms with Gasteiger partial charge in [-0.05, 0) is 18.2 Å². The number of alkyl halides is 3. The van der Waals surface area contributed by atoms with Crippen molar-refractivity contribution >= 4 is 16.6 Å². The van der Waals surface area contributed by atoms with Crippen molar-refractivity contribution < 1.29 is 13.2 Å². The van der Waals surface area contributed by atoms with Crippen molar-refractivity contribution in [1.29, 1.82) is 0 Å². The third kappa shape index (κ3) is 1.72. The van der Waals surface area contributed by atoms with E-state index in [0.717, 1.165) is 6.07 Å². The molecule has 78 valence electrons. The normalized spacial score (nSPS) is 11.9. The summed E-state index contributed by atoms with van der Waals surface area (Å²) in [5, 5.41) is 0.0687. The minimum atomic E-state index is -4.41. The predicted octanol–water partition coefficient (Wildman–Crippen LogP) is 2.84. The van der Waals surface area contributed by atoms with Crippen molar-refractivity contribution in [3.63, 3.8) is 0 Å². The Morgan fingerprint density at radius 3 is 2.60 bits per heavy atom. The van der Waals surface area contributed by atoms with E-state index in [9.17, 15) is 13.2 Å². The van der Waals surface area contributed by atoms with Crippen LogP contribution in [0.3, 0.4) is 0 Å². The Morgan fingerprint density at radius 2 is 1.93 bits per heavy atom. The van der Waals surface area contributed by atoms with Crippen LogP contribution in [0.25, 0.3) is 10.9 Å². The van der Waals surface area contributed by atoms with Crippen LogP contribution in [-0.2, 0) is 6.18 Å². The molecule has 0 fully saturated rings. The van der Waals surface area contributed by atoms with Gasteiger partial charge in [0.05, 0.1) is 11.1 Å². The average molecular weight is 212 g/mol. The molecule has 0 atom stereocenters. The number of aromatic nitrogens is 1. The fourth-order valence-corrected chi connectivity index (χ4v) is 1.44. The number of benzene rings is 1. The fourth-order valence-electron chi connectivity index (χ4n) is 1.44. The van der Waals surface area contributed by atoms with Gasteiger partial charge in [0.1, 0.15) is 0 Å². The van der Waals surface area contributed by atoms with Crippen LogP contribution in [0.2, 0.25) is 0 Å². The van der Waals surface area contributed by atoms with Gasteiger partial charge in [-0.25, -0.2) is 0 Å². The number of hydrogen-bond acceptors (Lipinski definition) is 2. The lowest BCUT2D eigenvalue weighted by atomic mass is 10.1. The molecule has 0 bridgehead atoms. The molecule has 0 aliphatic carbocycles. The molecule has 0 saturated heterocycles. The van der Waals surface area contributed by atoms with Gasteiger partial charge in [-0.3, -0.25) is 4.98 Å². The molecule has 1 aromatic heterocycles. The monoisotopic (exact) mass is 212 g/mol. The predicted molar refractivity (Wildman–Crippen MR) is 51.2 cm³/mol. The SMILES string of the molecule is Nc1cc(C(F)(F)F)c2cccnc2c1. The van der Waals surface area contributed by atoms with Gasteiger partial charge in [-0.15, -0.1) is 0 Å². The molecule has 0 saturated carbocycles. The van der Waals surface area contributed by atoms with E-state index in [2.05, 4.69) is 4.98 Å². The first-order valence-electron chi connectivity index (χ1n) is 4.20. The van der Waals surface area contributed by atoms with Gasteiger partial charge in [0.15, 0.2) is 0 Å². The Bertz CT molecular complexity index is 505. The minimum Gasteiger partial charge on any atom is -0.399 e. The van der Waals surface area contributed by atoms with Crippen molar-refractivity contribution in [3.8, 4) is 0 Å². The highest BCUT2D eigenvalue weighted by Gasteiger charge is 2.32. The second-order valence-corrected chi connectivity index (χ2v) is 3.14. The van der Waals surface area contributed by atoms with E-state index < -0.39 is 11.7 Å². The summed E-state index contributed by atoms with van der Waals surface area (Å²) < 4.78 is 37.8. The van der Waals surface area contributed by atoms with Gasteiger partial charge in [0.2, 0.25) is 0 Å². The highest BCUT2D eigenvalue weighted by Crippen LogP contribution is 2.35. The molecule has 0 aliphatic rings. The largest absolute Gasteiger partial charge is 0.417 e. The van der Waals surface area contributed by atoms with Gasteiger partial charge in [-0.1, -0.05) is 6.07 Å². The Kier molecular flexibility index (Phi) is 2.03. The Morgan fingerprint density at radius 1 is 1.20 bits per heavy atom. The van der Waals surface area contributed by atoms with Crippen LogP contribution in [-0.4, -0.2) is 4.98 Å². The quantitative estimate of drug-likeness (QED) is 0.682. The number of halogens is 3. The Balaban J connectivity index is 2.83. The van der Waals surface area contributed by atoms with Crippen molar-refractivity contribution in [2.75, 3.05) is 5.73 Å². The zero-order valence-corrected chi connectivity index (χ0v) is 7.55. The lowest BCUT2D eigenvalue weighted by Gasteiger charge is -2.10. The van der Waals surface area contributed by atoms with Gasteiger partial charge in [0.25, 0.3) is 0 Å². The number of nitrogens with two attached hydrogens (primary N) is 1. The van der Waals surface area contributed by atoms with Crippen molar-refractivity contribution in [2.24, 2.45) is 0 Å². The van der Waals surface area contributed by atoms with Gasteiger partial charge >= 0.3 is 6.18 Å². The summed E-state index contributed by atoms with van der Waals surface area (Å²) in [5.41, 5.74) is 4.95.